The van der Waals surface area contributed by atoms with Crippen LogP contribution < -0.4 is 0 Å². The van der Waals surface area contributed by atoms with Crippen molar-refractivity contribution in [3.05, 3.63) is 54.1 Å². The van der Waals surface area contributed by atoms with Crippen LogP contribution in [0.4, 0.5) is 5.69 Å². The molecule has 0 aliphatic carbocycles. The van der Waals surface area contributed by atoms with Gasteiger partial charge in [0.2, 0.25) is 9.84 Å². The smallest absolute Gasteiger partial charge is 0.208 e. The standard InChI is InChI=1S/C17H19NO2S/c1-13(2)12-18-16-6-4-5-7-17(16)21(19,20)15-10-8-14(3)9-11-15/h4-13H,1-3H3. The number of aryl methyl sites for hydroxylation is 1. The topological polar surface area (TPSA) is 46.5 Å². The Hall–Kier alpha value is -1.94. The first-order chi connectivity index (χ1) is 9.91. The summed E-state index contributed by atoms with van der Waals surface area (Å²) in [6.07, 6.45) is 1.75. The summed E-state index contributed by atoms with van der Waals surface area (Å²) in [5.41, 5.74) is 1.51. The lowest BCUT2D eigenvalue weighted by molar-refractivity contribution is 0.596. The van der Waals surface area contributed by atoms with Gasteiger partial charge in [-0.2, -0.15) is 0 Å². The van der Waals surface area contributed by atoms with Gasteiger partial charge >= 0.3 is 0 Å². The van der Waals surface area contributed by atoms with Crippen LogP contribution in [0.3, 0.4) is 0 Å². The second-order valence-corrected chi connectivity index (χ2v) is 7.22. The summed E-state index contributed by atoms with van der Waals surface area (Å²) in [4.78, 5) is 4.84. The average Bonchev–Trinajstić information content (AvgIpc) is 2.46. The molecular weight excluding hydrogens is 282 g/mol. The monoisotopic (exact) mass is 301 g/mol. The number of hydrogen-bond acceptors (Lipinski definition) is 3. The predicted molar refractivity (Wildman–Crippen MR) is 86.1 cm³/mol. The third-order valence-corrected chi connectivity index (χ3v) is 4.81. The van der Waals surface area contributed by atoms with Gasteiger partial charge in [0.15, 0.2) is 0 Å². The third-order valence-electron chi connectivity index (χ3n) is 3.00. The van der Waals surface area contributed by atoms with Crippen molar-refractivity contribution in [2.45, 2.75) is 30.6 Å². The minimum atomic E-state index is -3.55. The molecule has 21 heavy (non-hydrogen) atoms. The van der Waals surface area contributed by atoms with Crippen LogP contribution in [-0.4, -0.2) is 14.6 Å². The van der Waals surface area contributed by atoms with E-state index in [1.54, 1.807) is 54.7 Å². The van der Waals surface area contributed by atoms with Crippen LogP contribution in [0.5, 0.6) is 0 Å². The number of aliphatic imine (C=N–C) groups is 1. The Morgan fingerprint density at radius 1 is 1.00 bits per heavy atom. The quantitative estimate of drug-likeness (QED) is 0.795. The summed E-state index contributed by atoms with van der Waals surface area (Å²) < 4.78 is 25.5. The molecule has 0 N–H and O–H groups in total. The highest BCUT2D eigenvalue weighted by Crippen LogP contribution is 2.29. The Balaban J connectivity index is 2.52. The fourth-order valence-electron chi connectivity index (χ4n) is 1.86. The summed E-state index contributed by atoms with van der Waals surface area (Å²) in [7, 11) is -3.55. The van der Waals surface area contributed by atoms with Crippen LogP contribution in [0.2, 0.25) is 0 Å². The Morgan fingerprint density at radius 2 is 1.62 bits per heavy atom. The van der Waals surface area contributed by atoms with E-state index in [1.165, 1.54) is 0 Å². The number of benzene rings is 2. The fraction of sp³-hybridized carbons (Fsp3) is 0.235. The molecule has 4 heteroatoms. The second kappa shape index (κ2) is 6.22. The first-order valence-electron chi connectivity index (χ1n) is 6.86. The van der Waals surface area contributed by atoms with Gasteiger partial charge in [0.1, 0.15) is 0 Å². The first-order valence-corrected chi connectivity index (χ1v) is 8.34. The molecular formula is C17H19NO2S. The first kappa shape index (κ1) is 15.4. The van der Waals surface area contributed by atoms with E-state index < -0.39 is 9.84 Å². The average molecular weight is 301 g/mol. The zero-order valence-electron chi connectivity index (χ0n) is 12.4. The van der Waals surface area contributed by atoms with E-state index in [9.17, 15) is 8.42 Å². The third kappa shape index (κ3) is 3.58. The maximum atomic E-state index is 12.7. The number of sulfone groups is 1. The molecule has 0 unspecified atom stereocenters. The molecule has 2 aromatic carbocycles. The zero-order chi connectivity index (χ0) is 15.5. The molecule has 0 atom stereocenters. The molecule has 0 aromatic heterocycles. The van der Waals surface area contributed by atoms with Gasteiger partial charge in [0.05, 0.1) is 15.5 Å². The molecule has 0 aliphatic rings. The van der Waals surface area contributed by atoms with Gasteiger partial charge in [-0.15, -0.1) is 0 Å². The van der Waals surface area contributed by atoms with Crippen LogP contribution in [-0.2, 0) is 9.84 Å². The van der Waals surface area contributed by atoms with Crippen molar-refractivity contribution in [2.24, 2.45) is 10.9 Å². The van der Waals surface area contributed by atoms with E-state index in [2.05, 4.69) is 4.99 Å². The van der Waals surface area contributed by atoms with E-state index in [1.807, 2.05) is 20.8 Å². The SMILES string of the molecule is Cc1ccc(S(=O)(=O)c2ccccc2N=CC(C)C)cc1. The lowest BCUT2D eigenvalue weighted by Crippen LogP contribution is -2.02. The predicted octanol–water partition coefficient (Wildman–Crippen LogP) is 4.19. The Kier molecular flexibility index (Phi) is 4.58. The molecule has 3 nitrogen and oxygen atoms in total. The van der Waals surface area contributed by atoms with Gasteiger partial charge < -0.3 is 0 Å². The Bertz CT molecular complexity index is 745. The molecule has 0 bridgehead atoms. The van der Waals surface area contributed by atoms with Crippen LogP contribution in [0.25, 0.3) is 0 Å². The van der Waals surface area contributed by atoms with Gasteiger partial charge in [-0.25, -0.2) is 8.42 Å². The second-order valence-electron chi connectivity index (χ2n) is 5.31. The van der Waals surface area contributed by atoms with E-state index in [0.717, 1.165) is 5.56 Å². The Labute approximate surface area is 126 Å². The van der Waals surface area contributed by atoms with Crippen molar-refractivity contribution >= 4 is 21.7 Å². The van der Waals surface area contributed by atoms with Crippen molar-refractivity contribution < 1.29 is 8.42 Å². The van der Waals surface area contributed by atoms with Crippen LogP contribution >= 0.6 is 0 Å². The largest absolute Gasteiger partial charge is 0.260 e. The van der Waals surface area contributed by atoms with E-state index in [0.29, 0.717) is 10.6 Å². The summed E-state index contributed by atoms with van der Waals surface area (Å²) in [5, 5.41) is 0. The summed E-state index contributed by atoms with van der Waals surface area (Å²) >= 11 is 0. The Morgan fingerprint density at radius 3 is 2.24 bits per heavy atom. The van der Waals surface area contributed by atoms with Gasteiger partial charge in [0.25, 0.3) is 0 Å². The molecule has 0 heterocycles. The maximum Gasteiger partial charge on any atom is 0.208 e. The highest BCUT2D eigenvalue weighted by atomic mass is 32.2. The lowest BCUT2D eigenvalue weighted by Gasteiger charge is -2.08. The molecule has 2 rings (SSSR count). The van der Waals surface area contributed by atoms with Gasteiger partial charge in [-0.3, -0.25) is 4.99 Å². The molecule has 0 radical (unpaired) electrons. The van der Waals surface area contributed by atoms with Gasteiger partial charge in [-0.1, -0.05) is 43.7 Å². The minimum absolute atomic E-state index is 0.241. The maximum absolute atomic E-state index is 12.7. The van der Waals surface area contributed by atoms with E-state index >= 15 is 0 Å². The van der Waals surface area contributed by atoms with Crippen molar-refractivity contribution in [2.75, 3.05) is 0 Å². The molecule has 2 aromatic rings. The molecule has 0 spiro atoms. The number of hydrogen-bond donors (Lipinski definition) is 0. The fourth-order valence-corrected chi connectivity index (χ4v) is 3.27. The molecule has 0 saturated heterocycles. The molecule has 0 saturated carbocycles. The van der Waals surface area contributed by atoms with E-state index in [-0.39, 0.29) is 10.8 Å². The normalized spacial score (nSPS) is 12.2. The van der Waals surface area contributed by atoms with E-state index in [4.69, 9.17) is 0 Å². The van der Waals surface area contributed by atoms with Crippen molar-refractivity contribution in [1.82, 2.24) is 0 Å². The van der Waals surface area contributed by atoms with Crippen molar-refractivity contribution in [3.8, 4) is 0 Å². The highest BCUT2D eigenvalue weighted by Gasteiger charge is 2.20. The highest BCUT2D eigenvalue weighted by molar-refractivity contribution is 7.91. The van der Waals surface area contributed by atoms with Crippen molar-refractivity contribution in [3.63, 3.8) is 0 Å². The lowest BCUT2D eigenvalue weighted by atomic mass is 10.2. The summed E-state index contributed by atoms with van der Waals surface area (Å²) in [5.74, 6) is 0.264. The summed E-state index contributed by atoms with van der Waals surface area (Å²) in [6, 6.07) is 13.7. The number of nitrogens with zero attached hydrogens (tertiary/aromatic N) is 1. The van der Waals surface area contributed by atoms with Crippen LogP contribution in [0.1, 0.15) is 19.4 Å². The summed E-state index contributed by atoms with van der Waals surface area (Å²) in [6.45, 7) is 5.93. The van der Waals surface area contributed by atoms with Gasteiger partial charge in [0, 0.05) is 6.21 Å². The number of para-hydroxylation sites is 1. The van der Waals surface area contributed by atoms with Crippen LogP contribution in [0.15, 0.2) is 63.3 Å². The van der Waals surface area contributed by atoms with Gasteiger partial charge in [-0.05, 0) is 37.1 Å². The molecule has 0 fully saturated rings. The molecule has 0 aliphatic heterocycles. The molecule has 110 valence electrons. The zero-order valence-corrected chi connectivity index (χ0v) is 13.3. The van der Waals surface area contributed by atoms with Crippen molar-refractivity contribution in [1.29, 1.82) is 0 Å². The minimum Gasteiger partial charge on any atom is -0.260 e. The van der Waals surface area contributed by atoms with Crippen LogP contribution in [0, 0.1) is 12.8 Å². The molecule has 0 amide bonds. The number of rotatable bonds is 4.